The first-order valence-electron chi connectivity index (χ1n) is 6.89. The third-order valence-corrected chi connectivity index (χ3v) is 3.46. The van der Waals surface area contributed by atoms with E-state index in [1.54, 1.807) is 6.08 Å². The van der Waals surface area contributed by atoms with Crippen molar-refractivity contribution in [2.45, 2.75) is 0 Å². The normalized spacial score (nSPS) is 10.4. The number of rotatable bonds is 4. The lowest BCUT2D eigenvalue weighted by atomic mass is 10.2. The largest absolute Gasteiger partial charge is 0.504 e. The first kappa shape index (κ1) is 18.4. The zero-order valence-electron chi connectivity index (χ0n) is 12.6. The highest BCUT2D eigenvalue weighted by Gasteiger charge is 2.16. The fourth-order valence-corrected chi connectivity index (χ4v) is 2.25. The van der Waals surface area contributed by atoms with Gasteiger partial charge in [-0.1, -0.05) is 41.9 Å². The summed E-state index contributed by atoms with van der Waals surface area (Å²) >= 11 is 10.7. The maximum atomic E-state index is 11.8. The Hall–Kier alpha value is -2.97. The van der Waals surface area contributed by atoms with Gasteiger partial charge in [0.25, 0.3) is 5.69 Å². The number of anilines is 1. The molecule has 0 radical (unpaired) electrons. The van der Waals surface area contributed by atoms with Crippen molar-refractivity contribution in [3.05, 3.63) is 69.2 Å². The van der Waals surface area contributed by atoms with Crippen molar-refractivity contribution in [2.24, 2.45) is 0 Å². The lowest BCUT2D eigenvalue weighted by Gasteiger charge is -2.10. The van der Waals surface area contributed by atoms with Gasteiger partial charge in [-0.05, 0) is 23.9 Å². The number of non-ortho nitro benzene ring substituents is 1. The summed E-state index contributed by atoms with van der Waals surface area (Å²) in [5.74, 6) is -0.916. The van der Waals surface area contributed by atoms with E-state index >= 15 is 0 Å². The minimum absolute atomic E-state index is 0.0865. The van der Waals surface area contributed by atoms with Crippen LogP contribution in [0.15, 0.2) is 48.5 Å². The molecule has 3 N–H and O–H groups in total. The van der Waals surface area contributed by atoms with Crippen molar-refractivity contribution >= 4 is 52.3 Å². The molecule has 2 aromatic carbocycles. The summed E-state index contributed by atoms with van der Waals surface area (Å²) in [7, 11) is 0. The average Bonchev–Trinajstić information content (AvgIpc) is 2.57. The van der Waals surface area contributed by atoms with Gasteiger partial charge in [0.05, 0.1) is 15.6 Å². The molecule has 0 fully saturated rings. The monoisotopic (exact) mass is 377 g/mol. The molecule has 1 amide bonds. The predicted molar refractivity (Wildman–Crippen MR) is 99.6 cm³/mol. The number of nitrogens with one attached hydrogen (secondary N) is 2. The molecule has 7 nitrogen and oxygen atoms in total. The van der Waals surface area contributed by atoms with Crippen LogP contribution >= 0.6 is 23.8 Å². The molecule has 0 heterocycles. The molecule has 25 heavy (non-hydrogen) atoms. The van der Waals surface area contributed by atoms with Gasteiger partial charge in [0, 0.05) is 18.2 Å². The van der Waals surface area contributed by atoms with Gasteiger partial charge in [-0.2, -0.15) is 0 Å². The van der Waals surface area contributed by atoms with Crippen LogP contribution in [0.25, 0.3) is 6.08 Å². The van der Waals surface area contributed by atoms with E-state index in [1.165, 1.54) is 6.08 Å². The third kappa shape index (κ3) is 5.27. The molecule has 0 spiro atoms. The molecule has 0 saturated heterocycles. The average molecular weight is 378 g/mol. The fraction of sp³-hybridized carbons (Fsp3) is 0. The number of nitro groups is 1. The maximum absolute atomic E-state index is 11.8. The predicted octanol–water partition coefficient (Wildman–Crippen LogP) is 3.48. The molecule has 0 aliphatic rings. The summed E-state index contributed by atoms with van der Waals surface area (Å²) in [6.45, 7) is 0. The van der Waals surface area contributed by atoms with E-state index < -0.39 is 16.6 Å². The number of phenolic OH excluding ortho intramolecular Hbond substituents is 1. The van der Waals surface area contributed by atoms with Crippen LogP contribution in [0.4, 0.5) is 11.4 Å². The number of phenols is 1. The Balaban J connectivity index is 2.04. The molecule has 0 bridgehead atoms. The van der Waals surface area contributed by atoms with E-state index in [4.69, 9.17) is 23.8 Å². The number of aromatic hydroxyl groups is 1. The second-order valence-corrected chi connectivity index (χ2v) is 5.58. The zero-order chi connectivity index (χ0) is 18.4. The van der Waals surface area contributed by atoms with Crippen LogP contribution in [-0.2, 0) is 4.79 Å². The highest BCUT2D eigenvalue weighted by atomic mass is 35.5. The standard InChI is InChI=1S/C16H12ClN3O4S/c17-12-8-11(20(23)24)9-13(15(12)22)18-16(25)19-14(21)7-6-10-4-2-1-3-5-10/h1-9,22H,(H2,18,19,21,25)/b7-6+. The topological polar surface area (TPSA) is 104 Å². The van der Waals surface area contributed by atoms with Crippen molar-refractivity contribution in [2.75, 3.05) is 5.32 Å². The van der Waals surface area contributed by atoms with Crippen molar-refractivity contribution in [3.8, 4) is 5.75 Å². The Morgan fingerprint density at radius 3 is 2.60 bits per heavy atom. The Bertz CT molecular complexity index is 856. The van der Waals surface area contributed by atoms with Gasteiger partial charge in [0.1, 0.15) is 0 Å². The van der Waals surface area contributed by atoms with Crippen LogP contribution < -0.4 is 10.6 Å². The molecule has 9 heteroatoms. The summed E-state index contributed by atoms with van der Waals surface area (Å²) in [6, 6.07) is 11.2. The van der Waals surface area contributed by atoms with Crippen LogP contribution in [0, 0.1) is 10.1 Å². The first-order chi connectivity index (χ1) is 11.9. The van der Waals surface area contributed by atoms with Gasteiger partial charge >= 0.3 is 0 Å². The van der Waals surface area contributed by atoms with Gasteiger partial charge in [0.15, 0.2) is 10.9 Å². The molecule has 2 aromatic rings. The van der Waals surface area contributed by atoms with Crippen molar-refractivity contribution in [1.29, 1.82) is 0 Å². The summed E-state index contributed by atoms with van der Waals surface area (Å²) < 4.78 is 0. The Morgan fingerprint density at radius 2 is 1.96 bits per heavy atom. The molecular weight excluding hydrogens is 366 g/mol. The SMILES string of the molecule is O=C(/C=C/c1ccccc1)NC(=S)Nc1cc([N+](=O)[O-])cc(Cl)c1O. The van der Waals surface area contributed by atoms with Gasteiger partial charge < -0.3 is 10.4 Å². The molecular formula is C16H12ClN3O4S. The number of amides is 1. The number of nitrogens with zero attached hydrogens (tertiary/aromatic N) is 1. The molecule has 0 atom stereocenters. The van der Waals surface area contributed by atoms with E-state index in [-0.39, 0.29) is 21.5 Å². The van der Waals surface area contributed by atoms with Crippen LogP contribution in [0.5, 0.6) is 5.75 Å². The highest BCUT2D eigenvalue weighted by Crippen LogP contribution is 2.35. The summed E-state index contributed by atoms with van der Waals surface area (Å²) in [4.78, 5) is 22.0. The number of thiocarbonyl (C=S) groups is 1. The number of benzene rings is 2. The first-order valence-corrected chi connectivity index (χ1v) is 7.67. The van der Waals surface area contributed by atoms with Gasteiger partial charge in [-0.25, -0.2) is 0 Å². The summed E-state index contributed by atoms with van der Waals surface area (Å²) in [5, 5.41) is 25.2. The Morgan fingerprint density at radius 1 is 1.28 bits per heavy atom. The molecule has 0 saturated carbocycles. The highest BCUT2D eigenvalue weighted by molar-refractivity contribution is 7.80. The number of hydrogen-bond donors (Lipinski definition) is 3. The molecule has 0 aliphatic carbocycles. The third-order valence-electron chi connectivity index (χ3n) is 2.97. The number of nitro benzene ring substituents is 1. The van der Waals surface area contributed by atoms with Crippen LogP contribution in [-0.4, -0.2) is 21.0 Å². The number of hydrogen-bond acceptors (Lipinski definition) is 5. The lowest BCUT2D eigenvalue weighted by Crippen LogP contribution is -2.32. The number of carbonyl (C=O) groups is 1. The van der Waals surface area contributed by atoms with Crippen molar-refractivity contribution in [3.63, 3.8) is 0 Å². The summed E-state index contributed by atoms with van der Waals surface area (Å²) in [5.41, 5.74) is 0.416. The molecule has 0 aliphatic heterocycles. The Kier molecular flexibility index (Phi) is 6.04. The minimum Gasteiger partial charge on any atom is -0.504 e. The van der Waals surface area contributed by atoms with E-state index in [1.807, 2.05) is 30.3 Å². The van der Waals surface area contributed by atoms with Gasteiger partial charge in [-0.15, -0.1) is 0 Å². The lowest BCUT2D eigenvalue weighted by molar-refractivity contribution is -0.384. The zero-order valence-corrected chi connectivity index (χ0v) is 14.2. The maximum Gasteiger partial charge on any atom is 0.273 e. The molecule has 128 valence electrons. The number of carbonyl (C=O) groups excluding carboxylic acids is 1. The number of halogens is 1. The Labute approximate surface area is 153 Å². The van der Waals surface area contributed by atoms with E-state index in [9.17, 15) is 20.0 Å². The van der Waals surface area contributed by atoms with Crippen LogP contribution in [0.1, 0.15) is 5.56 Å². The van der Waals surface area contributed by atoms with Gasteiger partial charge in [0.2, 0.25) is 5.91 Å². The second-order valence-electron chi connectivity index (χ2n) is 4.77. The van der Waals surface area contributed by atoms with Crippen LogP contribution in [0.2, 0.25) is 5.02 Å². The molecule has 2 rings (SSSR count). The molecule has 0 unspecified atom stereocenters. The van der Waals surface area contributed by atoms with Crippen molar-refractivity contribution < 1.29 is 14.8 Å². The second kappa shape index (κ2) is 8.22. The van der Waals surface area contributed by atoms with Crippen molar-refractivity contribution in [1.82, 2.24) is 5.32 Å². The minimum atomic E-state index is -0.666. The smallest absolute Gasteiger partial charge is 0.273 e. The van der Waals surface area contributed by atoms with E-state index in [0.717, 1.165) is 17.7 Å². The summed E-state index contributed by atoms with van der Waals surface area (Å²) in [6.07, 6.45) is 2.88. The van der Waals surface area contributed by atoms with E-state index in [0.29, 0.717) is 0 Å². The van der Waals surface area contributed by atoms with Gasteiger partial charge in [-0.3, -0.25) is 20.2 Å². The van der Waals surface area contributed by atoms with Crippen LogP contribution in [0.3, 0.4) is 0 Å². The van der Waals surface area contributed by atoms with E-state index in [2.05, 4.69) is 10.6 Å². The quantitative estimate of drug-likeness (QED) is 0.248. The molecule has 0 aromatic heterocycles. The fourth-order valence-electron chi connectivity index (χ4n) is 1.83.